The number of nitrogens with one attached hydrogen (secondary N) is 1. The number of amides is 1. The molecule has 1 atom stereocenters. The Kier molecular flexibility index (Phi) is 5.21. The third kappa shape index (κ3) is 3.80. The van der Waals surface area contributed by atoms with Gasteiger partial charge in [-0.1, -0.05) is 19.1 Å². The van der Waals surface area contributed by atoms with E-state index in [0.29, 0.717) is 11.3 Å². The highest BCUT2D eigenvalue weighted by molar-refractivity contribution is 5.96. The molecule has 2 rings (SSSR count). The maximum Gasteiger partial charge on any atom is 0.354 e. The highest BCUT2D eigenvalue weighted by Crippen LogP contribution is 2.23. The number of carbonyl (C=O) groups excluding carboxylic acids is 2. The highest BCUT2D eigenvalue weighted by atomic mass is 16.5. The van der Waals surface area contributed by atoms with Crippen LogP contribution in [-0.2, 0) is 11.8 Å². The number of aromatic nitrogens is 1. The van der Waals surface area contributed by atoms with Crippen LogP contribution in [0.4, 0.5) is 0 Å². The molecule has 0 fully saturated rings. The molecular formula is C18H22N2O3. The zero-order valence-electron chi connectivity index (χ0n) is 13.9. The number of esters is 1. The Labute approximate surface area is 136 Å². The minimum atomic E-state index is -0.385. The van der Waals surface area contributed by atoms with Gasteiger partial charge in [0.1, 0.15) is 5.69 Å². The van der Waals surface area contributed by atoms with Crippen molar-refractivity contribution in [2.45, 2.75) is 26.3 Å². The topological polar surface area (TPSA) is 60.3 Å². The first-order chi connectivity index (χ1) is 11.0. The maximum atomic E-state index is 12.2. The predicted molar refractivity (Wildman–Crippen MR) is 89.4 cm³/mol. The van der Waals surface area contributed by atoms with Gasteiger partial charge in [0.25, 0.3) is 5.91 Å². The number of ether oxygens (including phenoxy) is 1. The summed E-state index contributed by atoms with van der Waals surface area (Å²) in [7, 11) is 3.14. The summed E-state index contributed by atoms with van der Waals surface area (Å²) in [5.41, 5.74) is 2.82. The van der Waals surface area contributed by atoms with E-state index in [1.165, 1.54) is 7.11 Å². The number of aryl methyl sites for hydroxylation is 1. The van der Waals surface area contributed by atoms with E-state index >= 15 is 0 Å². The molecule has 0 spiro atoms. The van der Waals surface area contributed by atoms with Crippen LogP contribution in [0.25, 0.3) is 11.1 Å². The molecule has 1 aromatic heterocycles. The first-order valence-electron chi connectivity index (χ1n) is 7.62. The third-order valence-electron chi connectivity index (χ3n) is 3.85. The van der Waals surface area contributed by atoms with E-state index in [0.717, 1.165) is 17.5 Å². The van der Waals surface area contributed by atoms with Gasteiger partial charge < -0.3 is 14.6 Å². The first kappa shape index (κ1) is 16.8. The van der Waals surface area contributed by atoms with Crippen molar-refractivity contribution in [3.8, 4) is 11.1 Å². The molecule has 0 aliphatic carbocycles. The minimum Gasteiger partial charge on any atom is -0.464 e. The van der Waals surface area contributed by atoms with Gasteiger partial charge in [-0.25, -0.2) is 4.79 Å². The van der Waals surface area contributed by atoms with Crippen LogP contribution < -0.4 is 5.32 Å². The largest absolute Gasteiger partial charge is 0.464 e. The molecule has 1 aromatic carbocycles. The van der Waals surface area contributed by atoms with Crippen molar-refractivity contribution < 1.29 is 14.3 Å². The smallest absolute Gasteiger partial charge is 0.354 e. The minimum absolute atomic E-state index is 0.0923. The summed E-state index contributed by atoms with van der Waals surface area (Å²) in [4.78, 5) is 23.9. The second-order valence-corrected chi connectivity index (χ2v) is 5.58. The van der Waals surface area contributed by atoms with Crippen molar-refractivity contribution in [1.82, 2.24) is 9.88 Å². The third-order valence-corrected chi connectivity index (χ3v) is 3.85. The van der Waals surface area contributed by atoms with Crippen molar-refractivity contribution in [3.05, 3.63) is 47.8 Å². The fourth-order valence-electron chi connectivity index (χ4n) is 2.28. The summed E-state index contributed by atoms with van der Waals surface area (Å²) >= 11 is 0. The zero-order chi connectivity index (χ0) is 17.0. The average molecular weight is 314 g/mol. The van der Waals surface area contributed by atoms with E-state index in [1.54, 1.807) is 23.7 Å². The molecule has 0 bridgehead atoms. The maximum absolute atomic E-state index is 12.2. The molecule has 1 N–H and O–H groups in total. The second-order valence-electron chi connectivity index (χ2n) is 5.58. The molecule has 0 aliphatic heterocycles. The van der Waals surface area contributed by atoms with Gasteiger partial charge >= 0.3 is 5.97 Å². The normalized spacial score (nSPS) is 11.8. The molecule has 0 radical (unpaired) electrons. The lowest BCUT2D eigenvalue weighted by Gasteiger charge is -2.11. The zero-order valence-corrected chi connectivity index (χ0v) is 13.9. The monoisotopic (exact) mass is 314 g/mol. The Morgan fingerprint density at radius 2 is 2.00 bits per heavy atom. The van der Waals surface area contributed by atoms with E-state index in [-0.39, 0.29) is 17.9 Å². The van der Waals surface area contributed by atoms with E-state index in [9.17, 15) is 9.59 Å². The molecule has 1 amide bonds. The Balaban J connectivity index is 2.30. The summed E-state index contributed by atoms with van der Waals surface area (Å²) in [5.74, 6) is -0.477. The fraction of sp³-hybridized carbons (Fsp3) is 0.333. The predicted octanol–water partition coefficient (Wildman–Crippen LogP) is 3.01. The summed E-state index contributed by atoms with van der Waals surface area (Å²) < 4.78 is 6.48. The van der Waals surface area contributed by atoms with Crippen LogP contribution in [0.3, 0.4) is 0 Å². The lowest BCUT2D eigenvalue weighted by Crippen LogP contribution is -2.31. The van der Waals surface area contributed by atoms with Crippen LogP contribution in [0.1, 0.15) is 41.1 Å². The fourth-order valence-corrected chi connectivity index (χ4v) is 2.28. The van der Waals surface area contributed by atoms with Gasteiger partial charge in [-0.15, -0.1) is 0 Å². The highest BCUT2D eigenvalue weighted by Gasteiger charge is 2.14. The summed E-state index contributed by atoms with van der Waals surface area (Å²) in [6.07, 6.45) is 2.73. The van der Waals surface area contributed by atoms with Crippen LogP contribution in [0, 0.1) is 0 Å². The van der Waals surface area contributed by atoms with Crippen molar-refractivity contribution >= 4 is 11.9 Å². The van der Waals surface area contributed by atoms with Crippen LogP contribution in [0.2, 0.25) is 0 Å². The van der Waals surface area contributed by atoms with Gasteiger partial charge in [0.05, 0.1) is 7.11 Å². The van der Waals surface area contributed by atoms with Crippen molar-refractivity contribution in [2.75, 3.05) is 7.11 Å². The number of hydrogen-bond donors (Lipinski definition) is 1. The molecule has 5 nitrogen and oxygen atoms in total. The standard InChI is InChI=1S/C18H22N2O3/c1-5-12(2)19-17(21)14-8-6-7-13(9-14)15-10-16(18(22)23-4)20(3)11-15/h6-12H,5H2,1-4H3,(H,19,21)/t12-/m0/s1. The van der Waals surface area contributed by atoms with Crippen LogP contribution in [-0.4, -0.2) is 29.6 Å². The number of rotatable bonds is 5. The average Bonchev–Trinajstić information content (AvgIpc) is 2.96. The quantitative estimate of drug-likeness (QED) is 0.863. The van der Waals surface area contributed by atoms with Crippen molar-refractivity contribution in [3.63, 3.8) is 0 Å². The summed E-state index contributed by atoms with van der Waals surface area (Å²) in [6.45, 7) is 4.00. The molecule has 0 aliphatic rings. The second kappa shape index (κ2) is 7.13. The van der Waals surface area contributed by atoms with E-state index in [2.05, 4.69) is 5.32 Å². The van der Waals surface area contributed by atoms with Crippen molar-refractivity contribution in [2.24, 2.45) is 7.05 Å². The lowest BCUT2D eigenvalue weighted by molar-refractivity contribution is 0.0590. The van der Waals surface area contributed by atoms with Gasteiger partial charge in [-0.05, 0) is 37.1 Å². The number of benzene rings is 1. The van der Waals surface area contributed by atoms with E-state index < -0.39 is 0 Å². The molecule has 0 saturated carbocycles. The summed E-state index contributed by atoms with van der Waals surface area (Å²) in [6, 6.07) is 9.26. The Morgan fingerprint density at radius 1 is 1.26 bits per heavy atom. The van der Waals surface area contributed by atoms with Gasteiger partial charge in [-0.2, -0.15) is 0 Å². The SMILES string of the molecule is CC[C@H](C)NC(=O)c1cccc(-c2cc(C(=O)OC)n(C)c2)c1. The van der Waals surface area contributed by atoms with Crippen LogP contribution in [0.15, 0.2) is 36.5 Å². The lowest BCUT2D eigenvalue weighted by atomic mass is 10.0. The Morgan fingerprint density at radius 3 is 2.65 bits per heavy atom. The molecule has 5 heteroatoms. The molecule has 0 unspecified atom stereocenters. The van der Waals surface area contributed by atoms with Gasteiger partial charge in [0.15, 0.2) is 0 Å². The van der Waals surface area contributed by atoms with Crippen molar-refractivity contribution in [1.29, 1.82) is 0 Å². The Hall–Kier alpha value is -2.56. The number of methoxy groups -OCH3 is 1. The van der Waals surface area contributed by atoms with Gasteiger partial charge in [0, 0.05) is 30.4 Å². The Bertz CT molecular complexity index is 719. The van der Waals surface area contributed by atoms with E-state index in [4.69, 9.17) is 4.74 Å². The van der Waals surface area contributed by atoms with Gasteiger partial charge in [-0.3, -0.25) is 4.79 Å². The number of nitrogens with zero attached hydrogens (tertiary/aromatic N) is 1. The van der Waals surface area contributed by atoms with Crippen LogP contribution >= 0.6 is 0 Å². The molecule has 23 heavy (non-hydrogen) atoms. The molecule has 122 valence electrons. The molecule has 2 aromatic rings. The first-order valence-corrected chi connectivity index (χ1v) is 7.62. The van der Waals surface area contributed by atoms with Gasteiger partial charge in [0.2, 0.25) is 0 Å². The molecular weight excluding hydrogens is 292 g/mol. The number of hydrogen-bond acceptors (Lipinski definition) is 3. The van der Waals surface area contributed by atoms with Crippen LogP contribution in [0.5, 0.6) is 0 Å². The van der Waals surface area contributed by atoms with E-state index in [1.807, 2.05) is 38.2 Å². The number of carbonyl (C=O) groups is 2. The molecule has 1 heterocycles. The summed E-state index contributed by atoms with van der Waals surface area (Å²) in [5, 5.41) is 2.95. The molecule has 0 saturated heterocycles.